The van der Waals surface area contributed by atoms with Crippen LogP contribution in [0.2, 0.25) is 5.02 Å². The first kappa shape index (κ1) is 15.5. The summed E-state index contributed by atoms with van der Waals surface area (Å²) in [5.74, 6) is 7.98. The van der Waals surface area contributed by atoms with E-state index in [1.807, 2.05) is 0 Å². The minimum Gasteiger partial charge on any atom is -0.271 e. The van der Waals surface area contributed by atoms with Crippen molar-refractivity contribution in [3.05, 3.63) is 32.4 Å². The zero-order valence-electron chi connectivity index (χ0n) is 11.5. The molecule has 1 saturated carbocycles. The van der Waals surface area contributed by atoms with Crippen LogP contribution >= 0.6 is 34.2 Å². The van der Waals surface area contributed by atoms with Crippen molar-refractivity contribution in [1.29, 1.82) is 0 Å². The van der Waals surface area contributed by atoms with Crippen LogP contribution in [-0.2, 0) is 0 Å². The molecular formula is C15H22ClIN2. The van der Waals surface area contributed by atoms with E-state index in [0.717, 1.165) is 20.4 Å². The van der Waals surface area contributed by atoms with Crippen molar-refractivity contribution in [2.24, 2.45) is 23.6 Å². The highest BCUT2D eigenvalue weighted by Crippen LogP contribution is 2.40. The van der Waals surface area contributed by atoms with Crippen LogP contribution in [0.5, 0.6) is 0 Å². The Morgan fingerprint density at radius 3 is 2.42 bits per heavy atom. The number of rotatable bonds is 3. The second-order valence-corrected chi connectivity index (χ2v) is 7.56. The van der Waals surface area contributed by atoms with Crippen molar-refractivity contribution in [3.8, 4) is 0 Å². The van der Waals surface area contributed by atoms with Gasteiger partial charge in [0.25, 0.3) is 0 Å². The first-order chi connectivity index (χ1) is 9.01. The fourth-order valence-corrected chi connectivity index (χ4v) is 4.02. The third-order valence-electron chi connectivity index (χ3n) is 4.17. The van der Waals surface area contributed by atoms with Crippen LogP contribution in [0.25, 0.3) is 0 Å². The molecule has 0 heterocycles. The standard InChI is InChI=1S/C15H22ClIN2/c1-9-5-10(2)7-12(6-9)15(19-18)11-3-4-14(17)13(16)8-11/h3-4,8-10,12,15,19H,5-7,18H2,1-2H3. The zero-order chi connectivity index (χ0) is 14.0. The van der Waals surface area contributed by atoms with E-state index >= 15 is 0 Å². The van der Waals surface area contributed by atoms with Gasteiger partial charge in [-0.05, 0) is 77.3 Å². The van der Waals surface area contributed by atoms with Crippen LogP contribution in [-0.4, -0.2) is 0 Å². The van der Waals surface area contributed by atoms with E-state index in [1.54, 1.807) is 0 Å². The van der Waals surface area contributed by atoms with Crippen LogP contribution in [0.4, 0.5) is 0 Å². The van der Waals surface area contributed by atoms with Gasteiger partial charge in [0.05, 0.1) is 5.02 Å². The number of halogens is 2. The lowest BCUT2D eigenvalue weighted by Crippen LogP contribution is -2.37. The van der Waals surface area contributed by atoms with Gasteiger partial charge >= 0.3 is 0 Å². The molecule has 1 fully saturated rings. The van der Waals surface area contributed by atoms with E-state index in [1.165, 1.54) is 24.8 Å². The molecule has 1 aliphatic rings. The van der Waals surface area contributed by atoms with Crippen LogP contribution in [0, 0.1) is 21.3 Å². The van der Waals surface area contributed by atoms with Crippen molar-refractivity contribution >= 4 is 34.2 Å². The van der Waals surface area contributed by atoms with Crippen LogP contribution in [0.1, 0.15) is 44.7 Å². The summed E-state index contributed by atoms with van der Waals surface area (Å²) < 4.78 is 1.09. The van der Waals surface area contributed by atoms with E-state index < -0.39 is 0 Å². The van der Waals surface area contributed by atoms with E-state index in [0.29, 0.717) is 5.92 Å². The lowest BCUT2D eigenvalue weighted by Gasteiger charge is -2.36. The summed E-state index contributed by atoms with van der Waals surface area (Å²) in [5, 5.41) is 0.815. The Hall–Kier alpha value is 0.160. The maximum atomic E-state index is 6.24. The van der Waals surface area contributed by atoms with E-state index in [4.69, 9.17) is 17.4 Å². The van der Waals surface area contributed by atoms with Gasteiger partial charge in [0.1, 0.15) is 0 Å². The average molecular weight is 393 g/mol. The van der Waals surface area contributed by atoms with Gasteiger partial charge in [-0.15, -0.1) is 0 Å². The largest absolute Gasteiger partial charge is 0.271 e. The molecule has 2 nitrogen and oxygen atoms in total. The second kappa shape index (κ2) is 6.74. The number of nitrogens with two attached hydrogens (primary N) is 1. The van der Waals surface area contributed by atoms with Crippen molar-refractivity contribution < 1.29 is 0 Å². The Labute approximate surface area is 134 Å². The smallest absolute Gasteiger partial charge is 0.0542 e. The molecule has 4 heteroatoms. The van der Waals surface area contributed by atoms with Crippen molar-refractivity contribution in [1.82, 2.24) is 5.43 Å². The highest BCUT2D eigenvalue weighted by atomic mass is 127. The topological polar surface area (TPSA) is 38.0 Å². The third-order valence-corrected chi connectivity index (χ3v) is 5.74. The molecular weight excluding hydrogens is 371 g/mol. The van der Waals surface area contributed by atoms with E-state index in [-0.39, 0.29) is 6.04 Å². The fraction of sp³-hybridized carbons (Fsp3) is 0.600. The number of nitrogens with one attached hydrogen (secondary N) is 1. The van der Waals surface area contributed by atoms with Crippen LogP contribution < -0.4 is 11.3 Å². The van der Waals surface area contributed by atoms with Crippen molar-refractivity contribution in [2.45, 2.75) is 39.2 Å². The van der Waals surface area contributed by atoms with Crippen LogP contribution in [0.3, 0.4) is 0 Å². The summed E-state index contributed by atoms with van der Waals surface area (Å²) in [4.78, 5) is 0. The first-order valence-electron chi connectivity index (χ1n) is 6.92. The molecule has 3 atom stereocenters. The highest BCUT2D eigenvalue weighted by Gasteiger charge is 2.30. The summed E-state index contributed by atoms with van der Waals surface area (Å²) >= 11 is 8.49. The monoisotopic (exact) mass is 392 g/mol. The Kier molecular flexibility index (Phi) is 5.52. The fourth-order valence-electron chi connectivity index (χ4n) is 3.49. The maximum Gasteiger partial charge on any atom is 0.0542 e. The van der Waals surface area contributed by atoms with Crippen molar-refractivity contribution in [3.63, 3.8) is 0 Å². The molecule has 2 rings (SSSR count). The summed E-state index contributed by atoms with van der Waals surface area (Å²) in [5.41, 5.74) is 4.22. The lowest BCUT2D eigenvalue weighted by molar-refractivity contribution is 0.177. The Morgan fingerprint density at radius 1 is 1.26 bits per heavy atom. The van der Waals surface area contributed by atoms with Gasteiger partial charge in [0, 0.05) is 9.61 Å². The molecule has 3 N–H and O–H groups in total. The number of hydrogen-bond acceptors (Lipinski definition) is 2. The van der Waals surface area contributed by atoms with Gasteiger partial charge < -0.3 is 0 Å². The molecule has 1 aromatic rings. The molecule has 0 radical (unpaired) electrons. The molecule has 0 spiro atoms. The second-order valence-electron chi connectivity index (χ2n) is 6.00. The molecule has 1 aromatic carbocycles. The molecule has 0 bridgehead atoms. The van der Waals surface area contributed by atoms with Crippen LogP contribution in [0.15, 0.2) is 18.2 Å². The van der Waals surface area contributed by atoms with E-state index in [9.17, 15) is 0 Å². The van der Waals surface area contributed by atoms with Gasteiger partial charge in [0.2, 0.25) is 0 Å². The normalized spacial score (nSPS) is 29.2. The van der Waals surface area contributed by atoms with Gasteiger partial charge in [0.15, 0.2) is 0 Å². The summed E-state index contributed by atoms with van der Waals surface area (Å²) in [6.07, 6.45) is 3.81. The van der Waals surface area contributed by atoms with Gasteiger partial charge in [-0.1, -0.05) is 31.5 Å². The van der Waals surface area contributed by atoms with Crippen molar-refractivity contribution in [2.75, 3.05) is 0 Å². The molecule has 1 aliphatic carbocycles. The highest BCUT2D eigenvalue weighted by molar-refractivity contribution is 14.1. The zero-order valence-corrected chi connectivity index (χ0v) is 14.4. The molecule has 19 heavy (non-hydrogen) atoms. The molecule has 3 unspecified atom stereocenters. The van der Waals surface area contributed by atoms with Gasteiger partial charge in [-0.3, -0.25) is 11.3 Å². The molecule has 0 amide bonds. The predicted octanol–water partition coefficient (Wildman–Crippen LogP) is 4.52. The minimum atomic E-state index is 0.208. The third kappa shape index (κ3) is 3.84. The summed E-state index contributed by atoms with van der Waals surface area (Å²) in [7, 11) is 0. The number of hydrogen-bond donors (Lipinski definition) is 2. The van der Waals surface area contributed by atoms with E-state index in [2.05, 4.69) is 60.1 Å². The number of benzene rings is 1. The molecule has 106 valence electrons. The first-order valence-corrected chi connectivity index (χ1v) is 8.38. The molecule has 0 saturated heterocycles. The SMILES string of the molecule is CC1CC(C)CC(C(NN)c2ccc(I)c(Cl)c2)C1. The summed E-state index contributed by atoms with van der Waals surface area (Å²) in [6.45, 7) is 4.69. The van der Waals surface area contributed by atoms with Gasteiger partial charge in [-0.25, -0.2) is 0 Å². The van der Waals surface area contributed by atoms with Gasteiger partial charge in [-0.2, -0.15) is 0 Å². The number of hydrazine groups is 1. The predicted molar refractivity (Wildman–Crippen MR) is 89.9 cm³/mol. The Morgan fingerprint density at radius 2 is 1.89 bits per heavy atom. The lowest BCUT2D eigenvalue weighted by atomic mass is 9.72. The maximum absolute atomic E-state index is 6.24. The Bertz CT molecular complexity index is 428. The molecule has 0 aliphatic heterocycles. The quantitative estimate of drug-likeness (QED) is 0.451. The summed E-state index contributed by atoms with van der Waals surface area (Å²) in [6, 6.07) is 6.47. The molecule has 0 aromatic heterocycles. The minimum absolute atomic E-state index is 0.208. The average Bonchev–Trinajstić information content (AvgIpc) is 2.33. The Balaban J connectivity index is 2.21.